The van der Waals surface area contributed by atoms with Crippen LogP contribution in [0.3, 0.4) is 0 Å². The molecule has 0 amide bonds. The quantitative estimate of drug-likeness (QED) is 0.467. The van der Waals surface area contributed by atoms with Gasteiger partial charge in [0.2, 0.25) is 10.0 Å². The molecule has 0 N–H and O–H groups in total. The summed E-state index contributed by atoms with van der Waals surface area (Å²) in [6, 6.07) is 0. The van der Waals surface area contributed by atoms with Crippen molar-refractivity contribution in [3.05, 3.63) is 0 Å². The van der Waals surface area contributed by atoms with Crippen molar-refractivity contribution in [3.63, 3.8) is 0 Å². The number of ether oxygens (including phenoxy) is 3. The Morgan fingerprint density at radius 1 is 1.11 bits per heavy atom. The Bertz CT molecular complexity index is 343. The molecule has 0 aromatic rings. The van der Waals surface area contributed by atoms with Gasteiger partial charge in [-0.15, -0.1) is 0 Å². The van der Waals surface area contributed by atoms with Crippen molar-refractivity contribution in [2.45, 2.75) is 13.3 Å². The second-order valence-electron chi connectivity index (χ2n) is 4.02. The van der Waals surface area contributed by atoms with E-state index in [2.05, 4.69) is 0 Å². The van der Waals surface area contributed by atoms with Gasteiger partial charge in [-0.05, 0) is 6.92 Å². The van der Waals surface area contributed by atoms with Crippen molar-refractivity contribution in [3.8, 4) is 0 Å². The Hall–Kier alpha value is -0.540. The van der Waals surface area contributed by atoms with Gasteiger partial charge in [0.25, 0.3) is 0 Å². The highest BCUT2D eigenvalue weighted by molar-refractivity contribution is 7.88. The fourth-order valence-corrected chi connectivity index (χ4v) is 1.91. The minimum atomic E-state index is -3.44. The molecule has 0 aliphatic heterocycles. The maximum atomic E-state index is 11.7. The normalized spacial score (nSPS) is 12.0. The van der Waals surface area contributed by atoms with Crippen molar-refractivity contribution >= 4 is 15.8 Å². The van der Waals surface area contributed by atoms with Crippen LogP contribution < -0.4 is 0 Å². The van der Waals surface area contributed by atoms with Crippen LogP contribution >= 0.6 is 0 Å². The Kier molecular flexibility index (Phi) is 9.98. The van der Waals surface area contributed by atoms with E-state index in [0.29, 0.717) is 19.6 Å². The van der Waals surface area contributed by atoms with E-state index in [4.69, 9.17) is 14.2 Å². The van der Waals surface area contributed by atoms with Crippen LogP contribution in [0, 0.1) is 0 Å². The van der Waals surface area contributed by atoms with E-state index >= 15 is 0 Å². The fraction of sp³-hybridized carbons (Fsp3) is 0.909. The number of hydrogen-bond donors (Lipinski definition) is 0. The maximum Gasteiger partial charge on any atom is 0.238 e. The summed E-state index contributed by atoms with van der Waals surface area (Å²) < 4.78 is 39.5. The second kappa shape index (κ2) is 10.3. The van der Waals surface area contributed by atoms with Gasteiger partial charge >= 0.3 is 0 Å². The van der Waals surface area contributed by atoms with Crippen LogP contribution in [0.1, 0.15) is 13.3 Å². The molecule has 114 valence electrons. The van der Waals surface area contributed by atoms with Crippen LogP contribution in [-0.4, -0.2) is 71.6 Å². The number of Topliss-reactive ketones (excluding diaryl/α,β-unsaturated/α-hetero) is 1. The average molecular weight is 297 g/mol. The number of carbonyl (C=O) groups is 1. The third-order valence-electron chi connectivity index (χ3n) is 2.29. The lowest BCUT2D eigenvalue weighted by Gasteiger charge is -2.17. The summed E-state index contributed by atoms with van der Waals surface area (Å²) in [5, 5.41) is 0. The molecule has 0 unspecified atom stereocenters. The van der Waals surface area contributed by atoms with Gasteiger partial charge in [-0.3, -0.25) is 4.79 Å². The van der Waals surface area contributed by atoms with E-state index in [1.165, 1.54) is 25.4 Å². The van der Waals surface area contributed by atoms with Crippen molar-refractivity contribution in [1.29, 1.82) is 0 Å². The number of nitrogens with zero attached hydrogens (tertiary/aromatic N) is 1. The second-order valence-corrected chi connectivity index (χ2v) is 6.04. The maximum absolute atomic E-state index is 11.7. The SMILES string of the molecule is COCCOCS(=O)(=O)N(C)CCOCCC(C)=O. The highest BCUT2D eigenvalue weighted by atomic mass is 32.2. The number of rotatable bonds is 12. The highest BCUT2D eigenvalue weighted by Gasteiger charge is 2.17. The summed E-state index contributed by atoms with van der Waals surface area (Å²) in [7, 11) is -0.458. The third kappa shape index (κ3) is 9.97. The van der Waals surface area contributed by atoms with E-state index in [1.807, 2.05) is 0 Å². The van der Waals surface area contributed by atoms with Crippen molar-refractivity contribution in [2.75, 3.05) is 53.1 Å². The summed E-state index contributed by atoms with van der Waals surface area (Å²) in [5.74, 6) is -0.326. The number of methoxy groups -OCH3 is 1. The molecule has 0 aromatic carbocycles. The van der Waals surface area contributed by atoms with E-state index in [0.717, 1.165) is 0 Å². The van der Waals surface area contributed by atoms with Gasteiger partial charge in [-0.2, -0.15) is 0 Å². The lowest BCUT2D eigenvalue weighted by Crippen LogP contribution is -2.33. The minimum Gasteiger partial charge on any atom is -0.382 e. The standard InChI is InChI=1S/C11H23NO6S/c1-11(13)4-6-17-7-5-12(2)19(14,15)10-18-9-8-16-3/h4-10H2,1-3H3. The molecular formula is C11H23NO6S. The molecule has 0 bridgehead atoms. The summed E-state index contributed by atoms with van der Waals surface area (Å²) in [6.45, 7) is 2.87. The van der Waals surface area contributed by atoms with Crippen LogP contribution in [0.25, 0.3) is 0 Å². The molecule has 8 heteroatoms. The molecule has 0 saturated heterocycles. The molecule has 7 nitrogen and oxygen atoms in total. The molecule has 0 spiro atoms. The first-order chi connectivity index (χ1) is 8.90. The molecule has 0 aromatic heterocycles. The third-order valence-corrected chi connectivity index (χ3v) is 3.88. The van der Waals surface area contributed by atoms with Gasteiger partial charge < -0.3 is 14.2 Å². The molecule has 0 aliphatic rings. The first-order valence-electron chi connectivity index (χ1n) is 5.98. The van der Waals surface area contributed by atoms with Crippen LogP contribution in [0.15, 0.2) is 0 Å². The molecule has 0 rings (SSSR count). The molecule has 0 fully saturated rings. The smallest absolute Gasteiger partial charge is 0.238 e. The van der Waals surface area contributed by atoms with E-state index in [-0.39, 0.29) is 31.5 Å². The van der Waals surface area contributed by atoms with Gasteiger partial charge in [0.1, 0.15) is 5.78 Å². The predicted molar refractivity (Wildman–Crippen MR) is 70.4 cm³/mol. The molecule has 0 atom stereocenters. The van der Waals surface area contributed by atoms with E-state index in [9.17, 15) is 13.2 Å². The highest BCUT2D eigenvalue weighted by Crippen LogP contribution is 1.99. The number of carbonyl (C=O) groups excluding carboxylic acids is 1. The van der Waals surface area contributed by atoms with E-state index < -0.39 is 10.0 Å². The fourth-order valence-electron chi connectivity index (χ4n) is 1.05. The lowest BCUT2D eigenvalue weighted by molar-refractivity contribution is -0.118. The van der Waals surface area contributed by atoms with Crippen LogP contribution in [-0.2, 0) is 29.0 Å². The van der Waals surface area contributed by atoms with Gasteiger partial charge in [-0.25, -0.2) is 12.7 Å². The molecule has 19 heavy (non-hydrogen) atoms. The lowest BCUT2D eigenvalue weighted by atomic mass is 10.3. The Balaban J connectivity index is 3.78. The molecule has 0 radical (unpaired) electrons. The summed E-state index contributed by atoms with van der Waals surface area (Å²) in [5.41, 5.74) is 0. The topological polar surface area (TPSA) is 82.1 Å². The zero-order chi connectivity index (χ0) is 14.7. The van der Waals surface area contributed by atoms with Gasteiger partial charge in [0.05, 0.1) is 26.4 Å². The van der Waals surface area contributed by atoms with Crippen LogP contribution in [0.2, 0.25) is 0 Å². The van der Waals surface area contributed by atoms with Gasteiger partial charge in [-0.1, -0.05) is 0 Å². The van der Waals surface area contributed by atoms with Crippen molar-refractivity contribution < 1.29 is 27.4 Å². The Morgan fingerprint density at radius 3 is 2.37 bits per heavy atom. The number of likely N-dealkylation sites (N-methyl/N-ethyl adjacent to an activating group) is 1. The van der Waals surface area contributed by atoms with Crippen molar-refractivity contribution in [1.82, 2.24) is 4.31 Å². The summed E-state index contributed by atoms with van der Waals surface area (Å²) >= 11 is 0. The molecule has 0 aliphatic carbocycles. The first-order valence-corrected chi connectivity index (χ1v) is 7.59. The Morgan fingerprint density at radius 2 is 1.79 bits per heavy atom. The zero-order valence-corrected chi connectivity index (χ0v) is 12.6. The first kappa shape index (κ1) is 18.5. The zero-order valence-electron chi connectivity index (χ0n) is 11.8. The number of sulfonamides is 1. The summed E-state index contributed by atoms with van der Waals surface area (Å²) in [6.07, 6.45) is 0.344. The van der Waals surface area contributed by atoms with Crippen molar-refractivity contribution in [2.24, 2.45) is 0 Å². The average Bonchev–Trinajstić information content (AvgIpc) is 2.33. The predicted octanol–water partition coefficient (Wildman–Crippen LogP) is -0.136. The van der Waals surface area contributed by atoms with E-state index in [1.54, 1.807) is 0 Å². The number of ketones is 1. The van der Waals surface area contributed by atoms with Gasteiger partial charge in [0.15, 0.2) is 5.94 Å². The Labute approximate surface area is 114 Å². The summed E-state index contributed by atoms with van der Waals surface area (Å²) in [4.78, 5) is 10.7. The van der Waals surface area contributed by atoms with Crippen LogP contribution in [0.4, 0.5) is 0 Å². The molecular weight excluding hydrogens is 274 g/mol. The monoisotopic (exact) mass is 297 g/mol. The van der Waals surface area contributed by atoms with Crippen LogP contribution in [0.5, 0.6) is 0 Å². The minimum absolute atomic E-state index is 0.0486. The largest absolute Gasteiger partial charge is 0.382 e. The molecule has 0 saturated carbocycles. The van der Waals surface area contributed by atoms with Gasteiger partial charge in [0, 0.05) is 27.1 Å². The molecule has 0 heterocycles. The number of hydrogen-bond acceptors (Lipinski definition) is 6.